The Bertz CT molecular complexity index is 101. The van der Waals surface area contributed by atoms with Crippen molar-refractivity contribution < 1.29 is 19.6 Å². The van der Waals surface area contributed by atoms with Gasteiger partial charge in [0.1, 0.15) is 0 Å². The van der Waals surface area contributed by atoms with Crippen molar-refractivity contribution >= 4 is 0 Å². The predicted molar refractivity (Wildman–Crippen MR) is 42.3 cm³/mol. The summed E-state index contributed by atoms with van der Waals surface area (Å²) in [5.41, 5.74) is 0. The molecule has 0 radical (unpaired) electrons. The molecule has 1 saturated heterocycles. The van der Waals surface area contributed by atoms with Gasteiger partial charge in [-0.05, 0) is 19.8 Å². The van der Waals surface area contributed by atoms with Crippen LogP contribution in [0.15, 0.2) is 0 Å². The van der Waals surface area contributed by atoms with Crippen LogP contribution in [0.25, 0.3) is 0 Å². The summed E-state index contributed by atoms with van der Waals surface area (Å²) in [7, 11) is 0. The molecule has 0 N–H and O–H groups in total. The normalized spacial score (nSPS) is 24.2. The van der Waals surface area contributed by atoms with Gasteiger partial charge in [0.2, 0.25) is 0 Å². The minimum Gasteiger partial charge on any atom is -0.382 e. The van der Waals surface area contributed by atoms with E-state index in [9.17, 15) is 0 Å². The van der Waals surface area contributed by atoms with Gasteiger partial charge in [-0.3, -0.25) is 0 Å². The molecule has 4 heteroatoms. The van der Waals surface area contributed by atoms with Crippen molar-refractivity contribution in [2.45, 2.75) is 32.3 Å². The first-order valence-electron chi connectivity index (χ1n) is 4.46. The van der Waals surface area contributed by atoms with Gasteiger partial charge in [0, 0.05) is 19.6 Å². The van der Waals surface area contributed by atoms with Crippen molar-refractivity contribution in [3.8, 4) is 0 Å². The Morgan fingerprint density at radius 2 is 2.42 bits per heavy atom. The molecule has 0 saturated carbocycles. The second-order valence-corrected chi connectivity index (χ2v) is 2.74. The van der Waals surface area contributed by atoms with Crippen LogP contribution in [0.2, 0.25) is 0 Å². The zero-order valence-corrected chi connectivity index (χ0v) is 7.45. The zero-order valence-electron chi connectivity index (χ0n) is 7.45. The molecular weight excluding hydrogens is 160 g/mol. The number of ether oxygens (including phenoxy) is 1. The second-order valence-electron chi connectivity index (χ2n) is 2.74. The molecule has 0 bridgehead atoms. The lowest BCUT2D eigenvalue weighted by Gasteiger charge is -2.19. The molecule has 0 aliphatic carbocycles. The first-order valence-corrected chi connectivity index (χ1v) is 4.46. The molecule has 1 rings (SSSR count). The van der Waals surface area contributed by atoms with Crippen LogP contribution >= 0.6 is 0 Å². The molecule has 1 unspecified atom stereocenters. The molecule has 1 fully saturated rings. The highest BCUT2D eigenvalue weighted by molar-refractivity contribution is 4.56. The Balaban J connectivity index is 1.91. The van der Waals surface area contributed by atoms with Gasteiger partial charge < -0.3 is 4.74 Å². The highest BCUT2D eigenvalue weighted by atomic mass is 17.5. The summed E-state index contributed by atoms with van der Waals surface area (Å²) < 4.78 is 5.20. The lowest BCUT2D eigenvalue weighted by atomic mass is 10.1. The van der Waals surface area contributed by atoms with Crippen LogP contribution in [0.3, 0.4) is 0 Å². The van der Waals surface area contributed by atoms with Crippen molar-refractivity contribution in [2.75, 3.05) is 19.8 Å². The molecule has 72 valence electrons. The van der Waals surface area contributed by atoms with Crippen LogP contribution in [0.1, 0.15) is 26.2 Å². The average Bonchev–Trinajstić information content (AvgIpc) is 2.14. The van der Waals surface area contributed by atoms with E-state index in [-0.39, 0.29) is 6.10 Å². The SMILES string of the molecule is CCOCCCC1CCOOO1. The summed E-state index contributed by atoms with van der Waals surface area (Å²) in [4.78, 5) is 9.45. The highest BCUT2D eigenvalue weighted by Crippen LogP contribution is 2.12. The number of rotatable bonds is 5. The predicted octanol–water partition coefficient (Wildman–Crippen LogP) is 1.46. The Hall–Kier alpha value is -0.160. The van der Waals surface area contributed by atoms with Crippen LogP contribution in [0.5, 0.6) is 0 Å². The number of hydrogen-bond acceptors (Lipinski definition) is 4. The summed E-state index contributed by atoms with van der Waals surface area (Å²) in [6, 6.07) is 0. The Kier molecular flexibility index (Phi) is 5.27. The summed E-state index contributed by atoms with van der Waals surface area (Å²) in [5.74, 6) is 0. The molecule has 0 spiro atoms. The third-order valence-corrected chi connectivity index (χ3v) is 1.77. The maximum Gasteiger partial charge on any atom is 0.0985 e. The molecule has 1 atom stereocenters. The molecule has 0 amide bonds. The third kappa shape index (κ3) is 4.01. The van der Waals surface area contributed by atoms with Gasteiger partial charge in [-0.1, -0.05) is 5.04 Å². The average molecular weight is 176 g/mol. The fraction of sp³-hybridized carbons (Fsp3) is 1.00. The Morgan fingerprint density at radius 3 is 3.08 bits per heavy atom. The second kappa shape index (κ2) is 6.37. The smallest absolute Gasteiger partial charge is 0.0985 e. The Morgan fingerprint density at radius 1 is 1.50 bits per heavy atom. The summed E-state index contributed by atoms with van der Waals surface area (Å²) >= 11 is 0. The quantitative estimate of drug-likeness (QED) is 0.469. The van der Waals surface area contributed by atoms with E-state index < -0.39 is 0 Å². The van der Waals surface area contributed by atoms with Gasteiger partial charge in [0.15, 0.2) is 0 Å². The minimum atomic E-state index is 0.180. The van der Waals surface area contributed by atoms with Gasteiger partial charge >= 0.3 is 0 Å². The molecule has 1 heterocycles. The van der Waals surface area contributed by atoms with Crippen molar-refractivity contribution in [1.29, 1.82) is 0 Å². The molecule has 0 aromatic rings. The maximum atomic E-state index is 5.20. The largest absolute Gasteiger partial charge is 0.382 e. The van der Waals surface area contributed by atoms with Crippen molar-refractivity contribution in [3.63, 3.8) is 0 Å². The zero-order chi connectivity index (χ0) is 8.65. The van der Waals surface area contributed by atoms with Crippen LogP contribution < -0.4 is 0 Å². The third-order valence-electron chi connectivity index (χ3n) is 1.77. The van der Waals surface area contributed by atoms with E-state index in [1.54, 1.807) is 0 Å². The van der Waals surface area contributed by atoms with Gasteiger partial charge in [0.25, 0.3) is 0 Å². The number of hydrogen-bond donors (Lipinski definition) is 0. The fourth-order valence-corrected chi connectivity index (χ4v) is 1.09. The van der Waals surface area contributed by atoms with Gasteiger partial charge in [-0.15, -0.1) is 0 Å². The van der Waals surface area contributed by atoms with E-state index in [1.165, 1.54) is 0 Å². The van der Waals surface area contributed by atoms with Crippen LogP contribution in [-0.2, 0) is 19.6 Å². The van der Waals surface area contributed by atoms with E-state index in [2.05, 4.69) is 9.93 Å². The van der Waals surface area contributed by atoms with Crippen molar-refractivity contribution in [1.82, 2.24) is 0 Å². The van der Waals surface area contributed by atoms with Crippen molar-refractivity contribution in [2.24, 2.45) is 0 Å². The van der Waals surface area contributed by atoms with E-state index >= 15 is 0 Å². The molecular formula is C8H16O4. The fourth-order valence-electron chi connectivity index (χ4n) is 1.09. The summed E-state index contributed by atoms with van der Waals surface area (Å²) in [6.07, 6.45) is 3.08. The molecule has 0 aromatic carbocycles. The lowest BCUT2D eigenvalue weighted by molar-refractivity contribution is -0.549. The molecule has 1 aliphatic heterocycles. The van der Waals surface area contributed by atoms with Gasteiger partial charge in [0.05, 0.1) is 12.7 Å². The molecule has 4 nitrogen and oxygen atoms in total. The lowest BCUT2D eigenvalue weighted by Crippen LogP contribution is -2.22. The van der Waals surface area contributed by atoms with E-state index in [4.69, 9.17) is 9.62 Å². The van der Waals surface area contributed by atoms with E-state index in [0.717, 1.165) is 32.5 Å². The molecule has 0 aromatic heterocycles. The van der Waals surface area contributed by atoms with E-state index in [0.29, 0.717) is 6.61 Å². The Labute approximate surface area is 72.6 Å². The molecule has 12 heavy (non-hydrogen) atoms. The topological polar surface area (TPSA) is 36.9 Å². The van der Waals surface area contributed by atoms with Crippen molar-refractivity contribution in [3.05, 3.63) is 0 Å². The highest BCUT2D eigenvalue weighted by Gasteiger charge is 2.15. The van der Waals surface area contributed by atoms with Gasteiger partial charge in [-0.25, -0.2) is 9.78 Å². The molecule has 1 aliphatic rings. The monoisotopic (exact) mass is 176 g/mol. The van der Waals surface area contributed by atoms with Crippen LogP contribution in [0.4, 0.5) is 0 Å². The van der Waals surface area contributed by atoms with E-state index in [1.807, 2.05) is 6.92 Å². The van der Waals surface area contributed by atoms with Crippen LogP contribution in [-0.4, -0.2) is 25.9 Å². The first-order chi connectivity index (χ1) is 5.93. The maximum absolute atomic E-state index is 5.20. The summed E-state index contributed by atoms with van der Waals surface area (Å²) in [5, 5.41) is 4.40. The standard InChI is InChI=1S/C8H16O4/c1-2-9-6-3-4-8-5-7-10-12-11-8/h8H,2-7H2,1H3. The van der Waals surface area contributed by atoms with Crippen LogP contribution in [0, 0.1) is 0 Å². The minimum absolute atomic E-state index is 0.180. The first kappa shape index (κ1) is 9.92. The van der Waals surface area contributed by atoms with Gasteiger partial charge in [-0.2, -0.15) is 0 Å². The summed E-state index contributed by atoms with van der Waals surface area (Å²) in [6.45, 7) is 4.20.